The van der Waals surface area contributed by atoms with E-state index in [-0.39, 0.29) is 5.91 Å². The average Bonchev–Trinajstić information content (AvgIpc) is 3.10. The predicted molar refractivity (Wildman–Crippen MR) is 219 cm³/mol. The molecule has 1 N–H and O–H groups in total. The number of carbonyl (C=O) groups is 1. The monoisotopic (exact) mass is 685 g/mol. The Morgan fingerprint density at radius 3 is 1.10 bits per heavy atom. The van der Waals surface area contributed by atoms with Crippen LogP contribution in [0.15, 0.2) is 18.2 Å². The Morgan fingerprint density at radius 2 is 0.816 bits per heavy atom. The van der Waals surface area contributed by atoms with E-state index in [1.54, 1.807) is 14.0 Å². The summed E-state index contributed by atoms with van der Waals surface area (Å²) in [5.41, 5.74) is 1.97. The van der Waals surface area contributed by atoms with Crippen molar-refractivity contribution in [3.05, 3.63) is 18.2 Å². The van der Waals surface area contributed by atoms with E-state index in [4.69, 9.17) is 4.74 Å². The van der Waals surface area contributed by atoms with Gasteiger partial charge in [-0.1, -0.05) is 206 Å². The van der Waals surface area contributed by atoms with E-state index >= 15 is 0 Å². The number of anilines is 2. The largest absolute Gasteiger partial charge is 0.495 e. The first-order chi connectivity index (χ1) is 24.1. The number of amides is 1. The van der Waals surface area contributed by atoms with Crippen molar-refractivity contribution in [1.82, 2.24) is 0 Å². The summed E-state index contributed by atoms with van der Waals surface area (Å²) >= 11 is 0. The van der Waals surface area contributed by atoms with E-state index in [1.165, 1.54) is 205 Å². The summed E-state index contributed by atoms with van der Waals surface area (Å²) in [4.78, 5) is 14.3. The number of carbonyl (C=O) groups excluding carboxylic acids is 1. The standard InChI is InChI=1S/C45H84N2O2/c1-5-7-9-11-13-15-17-19-21-23-25-27-29-31-33-35-39-47(44-41-43(46-42(3)48)37-38-45(44)49-4)40-36-34-32-30-28-26-24-22-20-18-16-14-12-10-8-6-2/h37-38,41H,5-36,39-40H2,1-4H3,(H,46,48). The first-order valence-electron chi connectivity index (χ1n) is 21.8. The molecule has 1 aromatic carbocycles. The number of ether oxygens (including phenoxy) is 1. The molecule has 4 nitrogen and oxygen atoms in total. The number of hydrogen-bond acceptors (Lipinski definition) is 3. The van der Waals surface area contributed by atoms with Crippen molar-refractivity contribution in [1.29, 1.82) is 0 Å². The summed E-state index contributed by atoms with van der Waals surface area (Å²) in [5.74, 6) is 0.875. The van der Waals surface area contributed by atoms with Crippen LogP contribution in [0.4, 0.5) is 11.4 Å². The molecule has 0 aliphatic carbocycles. The smallest absolute Gasteiger partial charge is 0.221 e. The van der Waals surface area contributed by atoms with E-state index in [0.29, 0.717) is 0 Å². The molecule has 0 atom stereocenters. The van der Waals surface area contributed by atoms with E-state index in [1.807, 2.05) is 12.1 Å². The molecule has 0 aliphatic heterocycles. The highest BCUT2D eigenvalue weighted by molar-refractivity contribution is 5.89. The zero-order valence-electron chi connectivity index (χ0n) is 33.5. The number of rotatable bonds is 37. The molecule has 1 aromatic rings. The van der Waals surface area contributed by atoms with Crippen LogP contribution in [0.3, 0.4) is 0 Å². The maximum absolute atomic E-state index is 11.8. The molecular formula is C45H84N2O2. The topological polar surface area (TPSA) is 41.6 Å². The summed E-state index contributed by atoms with van der Waals surface area (Å²) in [6.45, 7) is 8.28. The highest BCUT2D eigenvalue weighted by Gasteiger charge is 2.14. The Morgan fingerprint density at radius 1 is 0.510 bits per heavy atom. The van der Waals surface area contributed by atoms with E-state index in [9.17, 15) is 4.79 Å². The zero-order valence-corrected chi connectivity index (χ0v) is 33.5. The van der Waals surface area contributed by atoms with Gasteiger partial charge in [-0.25, -0.2) is 0 Å². The van der Waals surface area contributed by atoms with Crippen LogP contribution in [0.2, 0.25) is 0 Å². The molecule has 0 unspecified atom stereocenters. The van der Waals surface area contributed by atoms with E-state index in [2.05, 4.69) is 30.1 Å². The third-order valence-corrected chi connectivity index (χ3v) is 10.4. The number of nitrogens with zero attached hydrogens (tertiary/aromatic N) is 1. The predicted octanol–water partition coefficient (Wildman–Crippen LogP) is 15.0. The zero-order chi connectivity index (χ0) is 35.5. The molecule has 0 saturated heterocycles. The summed E-state index contributed by atoms with van der Waals surface area (Å²) < 4.78 is 5.80. The lowest BCUT2D eigenvalue weighted by Gasteiger charge is -2.27. The third kappa shape index (κ3) is 27.7. The highest BCUT2D eigenvalue weighted by Crippen LogP contribution is 2.32. The van der Waals surface area contributed by atoms with Crippen molar-refractivity contribution in [2.75, 3.05) is 30.4 Å². The minimum atomic E-state index is -0.0294. The lowest BCUT2D eigenvalue weighted by atomic mass is 10.0. The van der Waals surface area contributed by atoms with Crippen molar-refractivity contribution in [2.45, 2.75) is 226 Å². The fourth-order valence-electron chi connectivity index (χ4n) is 7.27. The van der Waals surface area contributed by atoms with Gasteiger partial charge in [0.15, 0.2) is 0 Å². The molecule has 0 saturated carbocycles. The normalized spacial score (nSPS) is 11.3. The van der Waals surface area contributed by atoms with Gasteiger partial charge in [0.1, 0.15) is 5.75 Å². The Balaban J connectivity index is 2.28. The Labute approximate surface area is 306 Å². The van der Waals surface area contributed by atoms with Crippen LogP contribution in [-0.2, 0) is 4.79 Å². The quantitative estimate of drug-likeness (QED) is 0.0709. The van der Waals surface area contributed by atoms with Crippen LogP contribution in [0, 0.1) is 0 Å². The summed E-state index contributed by atoms with van der Waals surface area (Å²) in [5, 5.41) is 2.98. The van der Waals surface area contributed by atoms with Crippen LogP contribution in [-0.4, -0.2) is 26.1 Å². The van der Waals surface area contributed by atoms with E-state index in [0.717, 1.165) is 30.2 Å². The van der Waals surface area contributed by atoms with Gasteiger partial charge in [0.05, 0.1) is 12.8 Å². The number of unbranched alkanes of at least 4 members (excludes halogenated alkanes) is 30. The van der Waals surface area contributed by atoms with Gasteiger partial charge in [-0.15, -0.1) is 0 Å². The van der Waals surface area contributed by atoms with Crippen molar-refractivity contribution < 1.29 is 9.53 Å². The molecular weight excluding hydrogens is 601 g/mol. The molecule has 0 aliphatic rings. The van der Waals surface area contributed by atoms with Gasteiger partial charge in [-0.05, 0) is 31.0 Å². The summed E-state index contributed by atoms with van der Waals surface area (Å²) in [6.07, 6.45) is 44.6. The maximum atomic E-state index is 11.8. The average molecular weight is 685 g/mol. The second-order valence-corrected chi connectivity index (χ2v) is 15.2. The molecule has 286 valence electrons. The molecule has 49 heavy (non-hydrogen) atoms. The Kier molecular flexibility index (Phi) is 32.1. The third-order valence-electron chi connectivity index (χ3n) is 10.4. The van der Waals surface area contributed by atoms with Crippen molar-refractivity contribution in [2.24, 2.45) is 0 Å². The minimum absolute atomic E-state index is 0.0294. The van der Waals surface area contributed by atoms with Crippen LogP contribution in [0.5, 0.6) is 5.75 Å². The molecule has 0 heterocycles. The Bertz CT molecular complexity index is 820. The molecule has 1 amide bonds. The molecule has 1 rings (SSSR count). The van der Waals surface area contributed by atoms with Crippen molar-refractivity contribution in [3.63, 3.8) is 0 Å². The number of nitrogens with one attached hydrogen (secondary N) is 1. The molecule has 0 radical (unpaired) electrons. The van der Waals surface area contributed by atoms with Crippen molar-refractivity contribution >= 4 is 17.3 Å². The lowest BCUT2D eigenvalue weighted by molar-refractivity contribution is -0.114. The van der Waals surface area contributed by atoms with Gasteiger partial charge in [0.2, 0.25) is 5.91 Å². The second-order valence-electron chi connectivity index (χ2n) is 15.2. The number of hydrogen-bond donors (Lipinski definition) is 1. The van der Waals surface area contributed by atoms with Gasteiger partial charge < -0.3 is 15.0 Å². The molecule has 0 spiro atoms. The van der Waals surface area contributed by atoms with Crippen LogP contribution in [0.25, 0.3) is 0 Å². The maximum Gasteiger partial charge on any atom is 0.221 e. The minimum Gasteiger partial charge on any atom is -0.495 e. The first kappa shape index (κ1) is 45.3. The summed E-state index contributed by atoms with van der Waals surface area (Å²) in [6, 6.07) is 6.07. The number of benzene rings is 1. The van der Waals surface area contributed by atoms with Crippen LogP contribution < -0.4 is 15.0 Å². The van der Waals surface area contributed by atoms with Crippen LogP contribution in [0.1, 0.15) is 226 Å². The molecule has 0 aromatic heterocycles. The first-order valence-corrected chi connectivity index (χ1v) is 21.8. The van der Waals surface area contributed by atoms with Gasteiger partial charge in [0.25, 0.3) is 0 Å². The fourth-order valence-corrected chi connectivity index (χ4v) is 7.27. The fraction of sp³-hybridized carbons (Fsp3) is 0.844. The summed E-state index contributed by atoms with van der Waals surface area (Å²) in [7, 11) is 1.76. The molecule has 0 fully saturated rings. The van der Waals surface area contributed by atoms with E-state index < -0.39 is 0 Å². The van der Waals surface area contributed by atoms with Gasteiger partial charge in [-0.2, -0.15) is 0 Å². The second kappa shape index (κ2) is 34.7. The Hall–Kier alpha value is -1.71. The highest BCUT2D eigenvalue weighted by atomic mass is 16.5. The molecule has 4 heteroatoms. The number of methoxy groups -OCH3 is 1. The van der Waals surface area contributed by atoms with Gasteiger partial charge in [0, 0.05) is 25.7 Å². The lowest BCUT2D eigenvalue weighted by Crippen LogP contribution is -2.26. The molecule has 0 bridgehead atoms. The van der Waals surface area contributed by atoms with Gasteiger partial charge in [-0.3, -0.25) is 4.79 Å². The SMILES string of the molecule is CCCCCCCCCCCCCCCCCCN(CCCCCCCCCCCCCCCCCC)c1cc(NC(C)=O)ccc1OC. The van der Waals surface area contributed by atoms with Gasteiger partial charge >= 0.3 is 0 Å². The van der Waals surface area contributed by atoms with Crippen molar-refractivity contribution in [3.8, 4) is 5.75 Å². The van der Waals surface area contributed by atoms with Crippen LogP contribution >= 0.6 is 0 Å².